The molecule has 0 aromatic heterocycles. The van der Waals surface area contributed by atoms with Crippen molar-refractivity contribution >= 4 is 17.5 Å². The Bertz CT molecular complexity index is 496. The Morgan fingerprint density at radius 1 is 1.14 bits per heavy atom. The summed E-state index contributed by atoms with van der Waals surface area (Å²) in [5, 5.41) is 4.89. The first-order valence-electron chi connectivity index (χ1n) is 7.62. The summed E-state index contributed by atoms with van der Waals surface area (Å²) in [6.07, 6.45) is 1.68. The van der Waals surface area contributed by atoms with Gasteiger partial charge in [0.1, 0.15) is 0 Å². The third kappa shape index (κ3) is 4.73. The zero-order valence-corrected chi connectivity index (χ0v) is 12.9. The van der Waals surface area contributed by atoms with E-state index in [1.165, 1.54) is 18.3 Å². The SMILES string of the molecule is CNC(=O)C(=O)NCCCc1ccc(N2CCOCC2)cc1. The summed E-state index contributed by atoms with van der Waals surface area (Å²) >= 11 is 0. The van der Waals surface area contributed by atoms with E-state index in [1.807, 2.05) is 0 Å². The molecule has 1 saturated heterocycles. The number of hydrogen-bond acceptors (Lipinski definition) is 4. The van der Waals surface area contributed by atoms with Crippen molar-refractivity contribution < 1.29 is 14.3 Å². The van der Waals surface area contributed by atoms with Crippen LogP contribution in [0.5, 0.6) is 0 Å². The molecule has 22 heavy (non-hydrogen) atoms. The molecule has 0 spiro atoms. The maximum Gasteiger partial charge on any atom is 0.309 e. The van der Waals surface area contributed by atoms with Gasteiger partial charge in [-0.25, -0.2) is 0 Å². The number of ether oxygens (including phenoxy) is 1. The predicted molar refractivity (Wildman–Crippen MR) is 84.9 cm³/mol. The number of aryl methyl sites for hydroxylation is 1. The number of likely N-dealkylation sites (N-methyl/N-ethyl adjacent to an activating group) is 1. The highest BCUT2D eigenvalue weighted by Gasteiger charge is 2.11. The minimum absolute atomic E-state index is 0.497. The van der Waals surface area contributed by atoms with Crippen LogP contribution in [-0.2, 0) is 20.7 Å². The Kier molecular flexibility index (Phi) is 6.21. The molecule has 1 fully saturated rings. The molecule has 1 aliphatic heterocycles. The van der Waals surface area contributed by atoms with Gasteiger partial charge < -0.3 is 20.3 Å². The number of morpholine rings is 1. The molecule has 0 saturated carbocycles. The van der Waals surface area contributed by atoms with Gasteiger partial charge in [-0.1, -0.05) is 12.1 Å². The summed E-state index contributed by atoms with van der Waals surface area (Å²) in [4.78, 5) is 24.6. The maximum atomic E-state index is 11.3. The summed E-state index contributed by atoms with van der Waals surface area (Å²) in [7, 11) is 1.44. The molecule has 1 aromatic carbocycles. The van der Waals surface area contributed by atoms with Crippen LogP contribution in [-0.4, -0.2) is 51.7 Å². The maximum absolute atomic E-state index is 11.3. The van der Waals surface area contributed by atoms with Crippen LogP contribution >= 0.6 is 0 Å². The second kappa shape index (κ2) is 8.38. The van der Waals surface area contributed by atoms with Gasteiger partial charge >= 0.3 is 11.8 Å². The van der Waals surface area contributed by atoms with Crippen molar-refractivity contribution in [2.24, 2.45) is 0 Å². The highest BCUT2D eigenvalue weighted by Crippen LogP contribution is 2.17. The van der Waals surface area contributed by atoms with Crippen LogP contribution in [0.15, 0.2) is 24.3 Å². The monoisotopic (exact) mass is 305 g/mol. The quantitative estimate of drug-likeness (QED) is 0.607. The lowest BCUT2D eigenvalue weighted by Gasteiger charge is -2.28. The van der Waals surface area contributed by atoms with E-state index in [4.69, 9.17) is 4.74 Å². The summed E-state index contributed by atoms with van der Waals surface area (Å²) in [6, 6.07) is 8.49. The van der Waals surface area contributed by atoms with Gasteiger partial charge in [-0.15, -0.1) is 0 Å². The minimum Gasteiger partial charge on any atom is -0.378 e. The standard InChI is InChI=1S/C16H23N3O3/c1-17-15(20)16(21)18-8-2-3-13-4-6-14(7-5-13)19-9-11-22-12-10-19/h4-7H,2-3,8-12H2,1H3,(H,17,20)(H,18,21). The Hall–Kier alpha value is -2.08. The molecule has 2 N–H and O–H groups in total. The van der Waals surface area contributed by atoms with Crippen LogP contribution in [0.3, 0.4) is 0 Å². The fraction of sp³-hybridized carbons (Fsp3) is 0.500. The number of benzene rings is 1. The Morgan fingerprint density at radius 2 is 1.82 bits per heavy atom. The molecule has 0 unspecified atom stereocenters. The molecule has 6 nitrogen and oxygen atoms in total. The lowest BCUT2D eigenvalue weighted by molar-refractivity contribution is -0.138. The Morgan fingerprint density at radius 3 is 2.45 bits per heavy atom. The molecule has 2 rings (SSSR count). The fourth-order valence-corrected chi connectivity index (χ4v) is 2.38. The lowest BCUT2D eigenvalue weighted by atomic mass is 10.1. The smallest absolute Gasteiger partial charge is 0.309 e. The third-order valence-electron chi connectivity index (χ3n) is 3.67. The number of anilines is 1. The molecule has 1 heterocycles. The van der Waals surface area contributed by atoms with Crippen molar-refractivity contribution in [3.05, 3.63) is 29.8 Å². The summed E-state index contributed by atoms with van der Waals surface area (Å²) in [5.74, 6) is -1.18. The van der Waals surface area contributed by atoms with Crippen LogP contribution in [0.1, 0.15) is 12.0 Å². The van der Waals surface area contributed by atoms with E-state index >= 15 is 0 Å². The molecule has 0 atom stereocenters. The second-order valence-electron chi connectivity index (χ2n) is 5.20. The van der Waals surface area contributed by atoms with Crippen LogP contribution in [0.4, 0.5) is 5.69 Å². The zero-order chi connectivity index (χ0) is 15.8. The highest BCUT2D eigenvalue weighted by molar-refractivity contribution is 6.34. The zero-order valence-electron chi connectivity index (χ0n) is 12.9. The molecule has 1 aromatic rings. The van der Waals surface area contributed by atoms with Crippen molar-refractivity contribution in [1.29, 1.82) is 0 Å². The second-order valence-corrected chi connectivity index (χ2v) is 5.20. The number of nitrogens with zero attached hydrogens (tertiary/aromatic N) is 1. The number of rotatable bonds is 5. The van der Waals surface area contributed by atoms with E-state index in [2.05, 4.69) is 39.8 Å². The first-order chi connectivity index (χ1) is 10.7. The normalized spacial score (nSPS) is 14.5. The topological polar surface area (TPSA) is 70.7 Å². The van der Waals surface area contributed by atoms with Crippen LogP contribution < -0.4 is 15.5 Å². The van der Waals surface area contributed by atoms with Crippen molar-refractivity contribution in [2.75, 3.05) is 44.8 Å². The molecular weight excluding hydrogens is 282 g/mol. The first kappa shape index (κ1) is 16.3. The molecule has 6 heteroatoms. The van der Waals surface area contributed by atoms with Gasteiger partial charge in [0.05, 0.1) is 13.2 Å². The third-order valence-corrected chi connectivity index (χ3v) is 3.67. The van der Waals surface area contributed by atoms with E-state index in [-0.39, 0.29) is 0 Å². The van der Waals surface area contributed by atoms with Crippen LogP contribution in [0.25, 0.3) is 0 Å². The van der Waals surface area contributed by atoms with Crippen molar-refractivity contribution in [2.45, 2.75) is 12.8 Å². The van der Waals surface area contributed by atoms with E-state index in [9.17, 15) is 9.59 Å². The number of nitrogens with one attached hydrogen (secondary N) is 2. The van der Waals surface area contributed by atoms with Crippen molar-refractivity contribution in [3.8, 4) is 0 Å². The molecule has 0 radical (unpaired) electrons. The first-order valence-corrected chi connectivity index (χ1v) is 7.62. The minimum atomic E-state index is -0.602. The van der Waals surface area contributed by atoms with Gasteiger partial charge in [0.2, 0.25) is 0 Å². The van der Waals surface area contributed by atoms with E-state index in [0.717, 1.165) is 39.1 Å². The molecule has 1 aliphatic rings. The predicted octanol–water partition coefficient (Wildman–Crippen LogP) is 0.318. The van der Waals surface area contributed by atoms with E-state index < -0.39 is 11.8 Å². The largest absolute Gasteiger partial charge is 0.378 e. The summed E-state index contributed by atoms with van der Waals surface area (Å²) < 4.78 is 5.35. The van der Waals surface area contributed by atoms with Gasteiger partial charge in [0.25, 0.3) is 0 Å². The fourth-order valence-electron chi connectivity index (χ4n) is 2.38. The molecular formula is C16H23N3O3. The van der Waals surface area contributed by atoms with Gasteiger partial charge in [-0.05, 0) is 30.5 Å². The molecule has 0 bridgehead atoms. The molecule has 120 valence electrons. The Labute approximate surface area is 130 Å². The van der Waals surface area contributed by atoms with Crippen molar-refractivity contribution in [3.63, 3.8) is 0 Å². The number of carbonyl (C=O) groups is 2. The number of hydrogen-bond donors (Lipinski definition) is 2. The average molecular weight is 305 g/mol. The van der Waals surface area contributed by atoms with Gasteiger partial charge in [0, 0.05) is 32.4 Å². The van der Waals surface area contributed by atoms with E-state index in [1.54, 1.807) is 0 Å². The van der Waals surface area contributed by atoms with Gasteiger partial charge in [-0.3, -0.25) is 9.59 Å². The Balaban J connectivity index is 1.72. The molecule has 0 aliphatic carbocycles. The van der Waals surface area contributed by atoms with Crippen molar-refractivity contribution in [1.82, 2.24) is 10.6 Å². The van der Waals surface area contributed by atoms with Crippen LogP contribution in [0.2, 0.25) is 0 Å². The molecule has 2 amide bonds. The summed E-state index contributed by atoms with van der Waals surface area (Å²) in [5.41, 5.74) is 2.45. The van der Waals surface area contributed by atoms with Gasteiger partial charge in [-0.2, -0.15) is 0 Å². The number of carbonyl (C=O) groups excluding carboxylic acids is 2. The van der Waals surface area contributed by atoms with Crippen LogP contribution in [0, 0.1) is 0 Å². The average Bonchev–Trinajstić information content (AvgIpc) is 2.59. The summed E-state index contributed by atoms with van der Waals surface area (Å²) in [6.45, 7) is 3.94. The number of amides is 2. The van der Waals surface area contributed by atoms with Gasteiger partial charge in [0.15, 0.2) is 0 Å². The van der Waals surface area contributed by atoms with E-state index in [0.29, 0.717) is 6.54 Å². The highest BCUT2D eigenvalue weighted by atomic mass is 16.5. The lowest BCUT2D eigenvalue weighted by Crippen LogP contribution is -2.38.